The lowest BCUT2D eigenvalue weighted by molar-refractivity contribution is 0.122. The normalized spacial score (nSPS) is 16.6. The number of pyridine rings is 1. The van der Waals surface area contributed by atoms with Crippen molar-refractivity contribution in [3.8, 4) is 0 Å². The summed E-state index contributed by atoms with van der Waals surface area (Å²) in [4.78, 5) is 5.98. The van der Waals surface area contributed by atoms with E-state index in [0.29, 0.717) is 37.9 Å². The molecule has 0 N–H and O–H groups in total. The molecule has 0 radical (unpaired) electrons. The molecule has 2 rings (SSSR count). The van der Waals surface area contributed by atoms with Crippen LogP contribution in [0.15, 0.2) is 6.20 Å². The molecule has 16 heavy (non-hydrogen) atoms. The van der Waals surface area contributed by atoms with Gasteiger partial charge in [0.05, 0.1) is 36.7 Å². The van der Waals surface area contributed by atoms with Crippen LogP contribution in [0.5, 0.6) is 0 Å². The molecule has 1 fully saturated rings. The van der Waals surface area contributed by atoms with Crippen LogP contribution in [0.25, 0.3) is 0 Å². The van der Waals surface area contributed by atoms with E-state index in [1.54, 1.807) is 0 Å². The van der Waals surface area contributed by atoms with E-state index in [9.17, 15) is 4.39 Å². The molecule has 5 heteroatoms. The fourth-order valence-electron chi connectivity index (χ4n) is 1.92. The van der Waals surface area contributed by atoms with Crippen LogP contribution in [-0.2, 0) is 10.6 Å². The van der Waals surface area contributed by atoms with Crippen LogP contribution in [0.3, 0.4) is 0 Å². The first-order valence-corrected chi connectivity index (χ1v) is 5.80. The fourth-order valence-corrected chi connectivity index (χ4v) is 2.19. The highest BCUT2D eigenvalue weighted by molar-refractivity contribution is 6.17. The number of nitrogens with zero attached hydrogens (tertiary/aromatic N) is 2. The molecule has 0 amide bonds. The van der Waals surface area contributed by atoms with Gasteiger partial charge in [0.1, 0.15) is 0 Å². The first-order valence-electron chi connectivity index (χ1n) is 5.26. The molecule has 0 aromatic carbocycles. The predicted octanol–water partition coefficient (Wildman–Crippen LogP) is 2.10. The first-order chi connectivity index (χ1) is 7.74. The Kier molecular flexibility index (Phi) is 3.61. The smallest absolute Gasteiger partial charge is 0.165 e. The highest BCUT2D eigenvalue weighted by Gasteiger charge is 2.19. The minimum absolute atomic E-state index is 0.284. The summed E-state index contributed by atoms with van der Waals surface area (Å²) in [5.41, 5.74) is 2.19. The summed E-state index contributed by atoms with van der Waals surface area (Å²) in [7, 11) is 0. The minimum atomic E-state index is -0.284. The highest BCUT2D eigenvalue weighted by Crippen LogP contribution is 2.26. The third kappa shape index (κ3) is 2.13. The number of aromatic nitrogens is 1. The molecule has 1 aliphatic rings. The van der Waals surface area contributed by atoms with Crippen molar-refractivity contribution in [3.63, 3.8) is 0 Å². The van der Waals surface area contributed by atoms with Crippen LogP contribution < -0.4 is 4.90 Å². The van der Waals surface area contributed by atoms with Gasteiger partial charge in [-0.3, -0.25) is 4.98 Å². The van der Waals surface area contributed by atoms with E-state index in [0.717, 1.165) is 11.3 Å². The molecule has 0 unspecified atom stereocenters. The zero-order valence-electron chi connectivity index (χ0n) is 9.17. The van der Waals surface area contributed by atoms with E-state index in [1.807, 2.05) is 11.8 Å². The number of hydrogen-bond acceptors (Lipinski definition) is 3. The summed E-state index contributed by atoms with van der Waals surface area (Å²) < 4.78 is 19.0. The largest absolute Gasteiger partial charge is 0.378 e. The Bertz CT molecular complexity index is 380. The van der Waals surface area contributed by atoms with Crippen molar-refractivity contribution in [1.82, 2.24) is 4.98 Å². The van der Waals surface area contributed by atoms with Crippen molar-refractivity contribution < 1.29 is 9.13 Å². The molecule has 0 spiro atoms. The van der Waals surface area contributed by atoms with E-state index in [1.165, 1.54) is 6.20 Å². The summed E-state index contributed by atoms with van der Waals surface area (Å²) >= 11 is 5.77. The number of ether oxygens (including phenoxy) is 1. The lowest BCUT2D eigenvalue weighted by Gasteiger charge is -2.30. The summed E-state index contributed by atoms with van der Waals surface area (Å²) in [6, 6.07) is 0. The molecule has 1 aromatic rings. The Hall–Kier alpha value is -0.870. The van der Waals surface area contributed by atoms with Crippen LogP contribution in [-0.4, -0.2) is 31.3 Å². The maximum Gasteiger partial charge on any atom is 0.165 e. The quantitative estimate of drug-likeness (QED) is 0.745. The predicted molar refractivity (Wildman–Crippen MR) is 61.5 cm³/mol. The Balaban J connectivity index is 2.37. The standard InChI is InChI=1S/C11H14ClFN2O/c1-8-10(6-12)14-7-9(13)11(8)15-2-4-16-5-3-15/h7H,2-6H2,1H3. The van der Waals surface area contributed by atoms with Gasteiger partial charge < -0.3 is 9.64 Å². The summed E-state index contributed by atoms with van der Waals surface area (Å²) in [6.45, 7) is 4.56. The molecule has 1 saturated heterocycles. The highest BCUT2D eigenvalue weighted by atomic mass is 35.5. The minimum Gasteiger partial charge on any atom is -0.378 e. The second-order valence-electron chi connectivity index (χ2n) is 3.76. The van der Waals surface area contributed by atoms with Crippen LogP contribution in [0.4, 0.5) is 10.1 Å². The van der Waals surface area contributed by atoms with Crippen molar-refractivity contribution in [3.05, 3.63) is 23.3 Å². The summed E-state index contributed by atoms with van der Waals surface area (Å²) in [6.07, 6.45) is 1.25. The zero-order chi connectivity index (χ0) is 11.5. The number of halogens is 2. The first kappa shape index (κ1) is 11.6. The monoisotopic (exact) mass is 244 g/mol. The van der Waals surface area contributed by atoms with Crippen LogP contribution >= 0.6 is 11.6 Å². The number of rotatable bonds is 2. The average molecular weight is 245 g/mol. The second kappa shape index (κ2) is 4.97. The lowest BCUT2D eigenvalue weighted by Crippen LogP contribution is -2.37. The van der Waals surface area contributed by atoms with Gasteiger partial charge >= 0.3 is 0 Å². The van der Waals surface area contributed by atoms with Gasteiger partial charge in [-0.15, -0.1) is 11.6 Å². The Morgan fingerprint density at radius 3 is 2.81 bits per heavy atom. The number of alkyl halides is 1. The molecule has 1 aromatic heterocycles. The zero-order valence-corrected chi connectivity index (χ0v) is 9.93. The molecular formula is C11H14ClFN2O. The third-order valence-electron chi connectivity index (χ3n) is 2.80. The van der Waals surface area contributed by atoms with E-state index in [4.69, 9.17) is 16.3 Å². The van der Waals surface area contributed by atoms with E-state index in [-0.39, 0.29) is 5.82 Å². The molecular weight excluding hydrogens is 231 g/mol. The van der Waals surface area contributed by atoms with Gasteiger partial charge in [-0.1, -0.05) is 0 Å². The van der Waals surface area contributed by atoms with Crippen LogP contribution in [0.1, 0.15) is 11.3 Å². The fraction of sp³-hybridized carbons (Fsp3) is 0.545. The SMILES string of the molecule is Cc1c(CCl)ncc(F)c1N1CCOCC1. The van der Waals surface area contributed by atoms with Gasteiger partial charge in [0, 0.05) is 13.1 Å². The molecule has 3 nitrogen and oxygen atoms in total. The van der Waals surface area contributed by atoms with Gasteiger partial charge in [0.2, 0.25) is 0 Å². The van der Waals surface area contributed by atoms with E-state index in [2.05, 4.69) is 4.98 Å². The van der Waals surface area contributed by atoms with Gasteiger partial charge in [-0.05, 0) is 12.5 Å². The van der Waals surface area contributed by atoms with Crippen LogP contribution in [0, 0.1) is 12.7 Å². The number of anilines is 1. The molecule has 0 aliphatic carbocycles. The van der Waals surface area contributed by atoms with Crippen molar-refractivity contribution in [2.24, 2.45) is 0 Å². The molecule has 1 aliphatic heterocycles. The van der Waals surface area contributed by atoms with Crippen molar-refractivity contribution >= 4 is 17.3 Å². The van der Waals surface area contributed by atoms with E-state index >= 15 is 0 Å². The summed E-state index contributed by atoms with van der Waals surface area (Å²) in [5.74, 6) is 0.0250. The third-order valence-corrected chi connectivity index (χ3v) is 3.06. The van der Waals surface area contributed by atoms with Gasteiger partial charge in [-0.2, -0.15) is 0 Å². The molecule has 88 valence electrons. The average Bonchev–Trinajstić information content (AvgIpc) is 2.31. The number of hydrogen-bond donors (Lipinski definition) is 0. The van der Waals surface area contributed by atoms with Crippen molar-refractivity contribution in [1.29, 1.82) is 0 Å². The molecule has 0 bridgehead atoms. The van der Waals surface area contributed by atoms with Crippen molar-refractivity contribution in [2.45, 2.75) is 12.8 Å². The van der Waals surface area contributed by atoms with Gasteiger partial charge in [0.15, 0.2) is 5.82 Å². The Morgan fingerprint density at radius 2 is 2.19 bits per heavy atom. The van der Waals surface area contributed by atoms with Crippen LogP contribution in [0.2, 0.25) is 0 Å². The van der Waals surface area contributed by atoms with Gasteiger partial charge in [-0.25, -0.2) is 4.39 Å². The molecule has 0 atom stereocenters. The molecule has 0 saturated carbocycles. The topological polar surface area (TPSA) is 25.4 Å². The molecule has 2 heterocycles. The van der Waals surface area contributed by atoms with Crippen molar-refractivity contribution in [2.75, 3.05) is 31.2 Å². The number of morpholine rings is 1. The Labute approximate surface area is 99.2 Å². The Morgan fingerprint density at radius 1 is 1.50 bits per heavy atom. The van der Waals surface area contributed by atoms with E-state index < -0.39 is 0 Å². The lowest BCUT2D eigenvalue weighted by atomic mass is 10.1. The summed E-state index contributed by atoms with van der Waals surface area (Å²) in [5, 5.41) is 0. The second-order valence-corrected chi connectivity index (χ2v) is 4.03. The maximum atomic E-state index is 13.8. The maximum absolute atomic E-state index is 13.8. The van der Waals surface area contributed by atoms with Gasteiger partial charge in [0.25, 0.3) is 0 Å².